The Bertz CT molecular complexity index is 873. The van der Waals surface area contributed by atoms with Gasteiger partial charge in [-0.2, -0.15) is 0 Å². The zero-order valence-electron chi connectivity index (χ0n) is 14.2. The van der Waals surface area contributed by atoms with Crippen LogP contribution in [0.15, 0.2) is 24.8 Å². The van der Waals surface area contributed by atoms with Crippen LogP contribution in [-0.2, 0) is 0 Å². The summed E-state index contributed by atoms with van der Waals surface area (Å²) in [5.41, 5.74) is 1.68. The summed E-state index contributed by atoms with van der Waals surface area (Å²) < 4.78 is 15.1. The maximum absolute atomic E-state index is 13.1. The number of nitrogens with zero attached hydrogens (tertiary/aromatic N) is 4. The predicted octanol–water partition coefficient (Wildman–Crippen LogP) is 2.95. The van der Waals surface area contributed by atoms with Crippen molar-refractivity contribution in [3.63, 3.8) is 0 Å². The molecule has 132 valence electrons. The summed E-state index contributed by atoms with van der Waals surface area (Å²) in [6.07, 6.45) is 7.36. The first kappa shape index (κ1) is 16.4. The van der Waals surface area contributed by atoms with E-state index in [0.717, 1.165) is 22.9 Å². The first-order chi connectivity index (χ1) is 12.2. The van der Waals surface area contributed by atoms with E-state index in [1.807, 2.05) is 6.20 Å². The van der Waals surface area contributed by atoms with Crippen LogP contribution in [0.25, 0.3) is 16.3 Å². The zero-order valence-corrected chi connectivity index (χ0v) is 15.1. The van der Waals surface area contributed by atoms with Crippen LogP contribution in [0.4, 0.5) is 10.2 Å². The summed E-state index contributed by atoms with van der Waals surface area (Å²) >= 11 is 1.69. The monoisotopic (exact) mass is 360 g/mol. The van der Waals surface area contributed by atoms with Gasteiger partial charge in [0.05, 0.1) is 31.0 Å². The average molecular weight is 360 g/mol. The van der Waals surface area contributed by atoms with E-state index in [0.29, 0.717) is 18.3 Å². The molecule has 0 radical (unpaired) electrons. The van der Waals surface area contributed by atoms with Gasteiger partial charge in [-0.1, -0.05) is 13.8 Å². The van der Waals surface area contributed by atoms with E-state index in [2.05, 4.69) is 50.0 Å². The number of hydrogen-bond acceptors (Lipinski definition) is 6. The molecule has 1 aliphatic heterocycles. The Morgan fingerprint density at radius 2 is 2.24 bits per heavy atom. The summed E-state index contributed by atoms with van der Waals surface area (Å²) in [7, 11) is 0. The van der Waals surface area contributed by atoms with Gasteiger partial charge in [0.2, 0.25) is 0 Å². The Balaban J connectivity index is 1.63. The van der Waals surface area contributed by atoms with Crippen molar-refractivity contribution in [2.45, 2.75) is 25.8 Å². The molecule has 0 amide bonds. The molecule has 1 aliphatic rings. The van der Waals surface area contributed by atoms with Crippen LogP contribution < -0.4 is 10.6 Å². The summed E-state index contributed by atoms with van der Waals surface area (Å²) in [4.78, 5) is 15.7. The van der Waals surface area contributed by atoms with Crippen molar-refractivity contribution in [2.24, 2.45) is 5.92 Å². The second kappa shape index (κ2) is 6.68. The van der Waals surface area contributed by atoms with Crippen molar-refractivity contribution < 1.29 is 4.39 Å². The normalized spacial score (nSPS) is 20.6. The largest absolute Gasteiger partial charge is 0.364 e. The maximum Gasteiger partial charge on any atom is 0.194 e. The molecule has 2 atom stereocenters. The average Bonchev–Trinajstić information content (AvgIpc) is 3.29. The van der Waals surface area contributed by atoms with Gasteiger partial charge in [0.15, 0.2) is 4.96 Å². The topological polar surface area (TPSA) is 67.1 Å². The number of nitrogens with one attached hydrogen (secondary N) is 2. The molecule has 2 N–H and O–H groups in total. The zero-order chi connectivity index (χ0) is 17.4. The minimum absolute atomic E-state index is 0.0300. The summed E-state index contributed by atoms with van der Waals surface area (Å²) in [6, 6.07) is 0.0358. The van der Waals surface area contributed by atoms with E-state index in [1.165, 1.54) is 4.88 Å². The Morgan fingerprint density at radius 3 is 3.04 bits per heavy atom. The molecule has 1 fully saturated rings. The lowest BCUT2D eigenvalue weighted by Gasteiger charge is -2.17. The number of imidazole rings is 1. The van der Waals surface area contributed by atoms with Crippen LogP contribution in [0.2, 0.25) is 0 Å². The first-order valence-corrected chi connectivity index (χ1v) is 9.29. The molecule has 6 nitrogen and oxygen atoms in total. The van der Waals surface area contributed by atoms with E-state index in [1.54, 1.807) is 23.7 Å². The highest BCUT2D eigenvalue weighted by Crippen LogP contribution is 2.29. The third-order valence-electron chi connectivity index (χ3n) is 4.57. The standard InChI is InChI=1S/C17H21FN6S/c1-10(2)15-9-24-14(7-21-17(24)25-15)13-6-20-8-16(23-13)22-12-5-19-4-11(12)3-18/h6-12,19H,3-5H2,1-2H3,(H,22,23)/t11-,12-/m0/s1. The summed E-state index contributed by atoms with van der Waals surface area (Å²) in [5, 5.41) is 6.52. The molecule has 4 rings (SSSR count). The number of thiazole rings is 1. The van der Waals surface area contributed by atoms with Crippen molar-refractivity contribution >= 4 is 22.1 Å². The highest BCUT2D eigenvalue weighted by Gasteiger charge is 2.27. The summed E-state index contributed by atoms with van der Waals surface area (Å²) in [5.74, 6) is 1.10. The number of rotatable bonds is 5. The quantitative estimate of drug-likeness (QED) is 0.732. The molecule has 3 aromatic heterocycles. The van der Waals surface area contributed by atoms with Crippen LogP contribution >= 0.6 is 11.3 Å². The van der Waals surface area contributed by atoms with E-state index in [-0.39, 0.29) is 18.6 Å². The van der Waals surface area contributed by atoms with E-state index in [9.17, 15) is 4.39 Å². The van der Waals surface area contributed by atoms with Crippen LogP contribution in [0.1, 0.15) is 24.6 Å². The van der Waals surface area contributed by atoms with Gasteiger partial charge in [0.25, 0.3) is 0 Å². The number of halogens is 1. The summed E-state index contributed by atoms with van der Waals surface area (Å²) in [6.45, 7) is 5.43. The van der Waals surface area contributed by atoms with Crippen LogP contribution in [-0.4, -0.2) is 45.2 Å². The van der Waals surface area contributed by atoms with Crippen LogP contribution in [0.5, 0.6) is 0 Å². The van der Waals surface area contributed by atoms with E-state index >= 15 is 0 Å². The van der Waals surface area contributed by atoms with Crippen molar-refractivity contribution in [3.8, 4) is 11.4 Å². The van der Waals surface area contributed by atoms with Crippen molar-refractivity contribution in [2.75, 3.05) is 25.1 Å². The lowest BCUT2D eigenvalue weighted by molar-refractivity contribution is 0.367. The van der Waals surface area contributed by atoms with Gasteiger partial charge in [0.1, 0.15) is 11.5 Å². The van der Waals surface area contributed by atoms with Gasteiger partial charge in [-0.25, -0.2) is 9.97 Å². The molecule has 8 heteroatoms. The second-order valence-electron chi connectivity index (χ2n) is 6.70. The third kappa shape index (κ3) is 3.11. The van der Waals surface area contributed by atoms with Crippen molar-refractivity contribution in [1.82, 2.24) is 24.7 Å². The van der Waals surface area contributed by atoms with Gasteiger partial charge in [-0.3, -0.25) is 13.8 Å². The fourth-order valence-corrected chi connectivity index (χ4v) is 4.03. The molecule has 0 aliphatic carbocycles. The molecule has 0 unspecified atom stereocenters. The number of hydrogen-bond donors (Lipinski definition) is 2. The molecule has 0 spiro atoms. The molecule has 0 bridgehead atoms. The SMILES string of the molecule is CC(C)c1cn2c(-c3cncc(N[C@H]4CNC[C@@H]4CF)n3)cnc2s1. The van der Waals surface area contributed by atoms with Crippen LogP contribution in [0, 0.1) is 5.92 Å². The molecule has 1 saturated heterocycles. The molecule has 0 saturated carbocycles. The molecule has 0 aromatic carbocycles. The highest BCUT2D eigenvalue weighted by molar-refractivity contribution is 7.17. The number of anilines is 1. The van der Waals surface area contributed by atoms with Gasteiger partial charge in [-0.15, -0.1) is 11.3 Å². The smallest absolute Gasteiger partial charge is 0.194 e. The highest BCUT2D eigenvalue weighted by atomic mass is 32.1. The third-order valence-corrected chi connectivity index (χ3v) is 5.86. The van der Waals surface area contributed by atoms with Gasteiger partial charge in [-0.05, 0) is 5.92 Å². The minimum Gasteiger partial charge on any atom is -0.364 e. The molecule has 4 heterocycles. The molecule has 3 aromatic rings. The fourth-order valence-electron chi connectivity index (χ4n) is 3.07. The number of alkyl halides is 1. The lowest BCUT2D eigenvalue weighted by Crippen LogP contribution is -2.29. The van der Waals surface area contributed by atoms with E-state index < -0.39 is 0 Å². The molecular formula is C17H21FN6S. The predicted molar refractivity (Wildman–Crippen MR) is 97.9 cm³/mol. The number of fused-ring (bicyclic) bond motifs is 1. The van der Waals surface area contributed by atoms with E-state index in [4.69, 9.17) is 0 Å². The van der Waals surface area contributed by atoms with Crippen molar-refractivity contribution in [3.05, 3.63) is 29.7 Å². The Hall–Kier alpha value is -2.06. The number of aromatic nitrogens is 4. The van der Waals surface area contributed by atoms with Gasteiger partial charge in [0, 0.05) is 36.1 Å². The maximum atomic E-state index is 13.1. The van der Waals surface area contributed by atoms with Crippen LogP contribution in [0.3, 0.4) is 0 Å². The van der Waals surface area contributed by atoms with Gasteiger partial charge < -0.3 is 10.6 Å². The van der Waals surface area contributed by atoms with Crippen molar-refractivity contribution in [1.29, 1.82) is 0 Å². The minimum atomic E-state index is -0.339. The molecular weight excluding hydrogens is 339 g/mol. The Labute approximate surface area is 149 Å². The Morgan fingerprint density at radius 1 is 1.36 bits per heavy atom. The second-order valence-corrected chi connectivity index (χ2v) is 7.74. The fraction of sp³-hybridized carbons (Fsp3) is 0.471. The Kier molecular flexibility index (Phi) is 4.39. The first-order valence-electron chi connectivity index (χ1n) is 8.48. The lowest BCUT2D eigenvalue weighted by atomic mass is 10.1. The van der Waals surface area contributed by atoms with Gasteiger partial charge >= 0.3 is 0 Å². The molecule has 25 heavy (non-hydrogen) atoms.